The van der Waals surface area contributed by atoms with Crippen LogP contribution in [0.5, 0.6) is 0 Å². The predicted molar refractivity (Wildman–Crippen MR) is 124 cm³/mol. The van der Waals surface area contributed by atoms with Gasteiger partial charge in [-0.25, -0.2) is 0 Å². The molecule has 0 aromatic rings. The normalized spacial score (nSPS) is 51.5. The van der Waals surface area contributed by atoms with Crippen molar-refractivity contribution in [3.63, 3.8) is 0 Å². The molecule has 5 rings (SSSR count). The first-order valence-electron chi connectivity index (χ1n) is 13.3. The van der Waals surface area contributed by atoms with Crippen molar-refractivity contribution >= 4 is 5.78 Å². The monoisotopic (exact) mass is 447 g/mol. The molecule has 5 aliphatic rings. The Labute approximate surface area is 194 Å². The van der Waals surface area contributed by atoms with E-state index in [4.69, 9.17) is 9.47 Å². The molecule has 0 aromatic carbocycles. The van der Waals surface area contributed by atoms with Crippen LogP contribution in [0.4, 0.5) is 0 Å². The molecule has 32 heavy (non-hydrogen) atoms. The lowest BCUT2D eigenvalue weighted by atomic mass is 9.47. The molecule has 182 valence electrons. The Morgan fingerprint density at radius 1 is 1.06 bits per heavy atom. The lowest BCUT2D eigenvalue weighted by Gasteiger charge is -2.59. The summed E-state index contributed by atoms with van der Waals surface area (Å²) in [6, 6.07) is 0. The molecule has 5 fully saturated rings. The van der Waals surface area contributed by atoms with Gasteiger partial charge in [-0.2, -0.15) is 0 Å². The van der Waals surface area contributed by atoms with E-state index in [0.717, 1.165) is 57.9 Å². The van der Waals surface area contributed by atoms with E-state index < -0.39 is 5.60 Å². The number of morpholine rings is 1. The fourth-order valence-corrected chi connectivity index (χ4v) is 9.09. The van der Waals surface area contributed by atoms with Crippen LogP contribution < -0.4 is 0 Å². The van der Waals surface area contributed by atoms with E-state index in [2.05, 4.69) is 18.7 Å². The first kappa shape index (κ1) is 23.3. The van der Waals surface area contributed by atoms with Gasteiger partial charge in [0.2, 0.25) is 0 Å². The number of ketones is 1. The summed E-state index contributed by atoms with van der Waals surface area (Å²) in [6.07, 6.45) is 8.12. The molecular formula is C27H45NO4. The Kier molecular flexibility index (Phi) is 6.27. The van der Waals surface area contributed by atoms with E-state index in [-0.39, 0.29) is 17.4 Å². The van der Waals surface area contributed by atoms with Crippen molar-refractivity contribution in [2.75, 3.05) is 40.0 Å². The lowest BCUT2D eigenvalue weighted by Crippen LogP contribution is -2.57. The summed E-state index contributed by atoms with van der Waals surface area (Å²) in [4.78, 5) is 15.8. The Morgan fingerprint density at radius 2 is 1.81 bits per heavy atom. The van der Waals surface area contributed by atoms with Crippen LogP contribution >= 0.6 is 0 Å². The van der Waals surface area contributed by atoms with Crippen molar-refractivity contribution in [2.45, 2.75) is 77.4 Å². The fourth-order valence-electron chi connectivity index (χ4n) is 9.09. The minimum atomic E-state index is -0.571. The molecule has 0 amide bonds. The molecule has 0 bridgehead atoms. The van der Waals surface area contributed by atoms with Gasteiger partial charge in [0.25, 0.3) is 0 Å². The first-order chi connectivity index (χ1) is 15.2. The van der Waals surface area contributed by atoms with E-state index in [1.54, 1.807) is 0 Å². The molecule has 10 atom stereocenters. The predicted octanol–water partition coefficient (Wildman–Crippen LogP) is 3.78. The third-order valence-corrected chi connectivity index (χ3v) is 11.1. The third kappa shape index (κ3) is 3.79. The first-order valence-corrected chi connectivity index (χ1v) is 13.3. The zero-order valence-corrected chi connectivity index (χ0v) is 20.7. The van der Waals surface area contributed by atoms with Crippen LogP contribution in [0.1, 0.15) is 65.7 Å². The maximum absolute atomic E-state index is 13.5. The molecule has 1 heterocycles. The molecule has 5 nitrogen and oxygen atoms in total. The van der Waals surface area contributed by atoms with Crippen molar-refractivity contribution in [2.24, 2.45) is 46.8 Å². The van der Waals surface area contributed by atoms with E-state index in [9.17, 15) is 9.90 Å². The van der Waals surface area contributed by atoms with Gasteiger partial charge in [0.1, 0.15) is 5.78 Å². The zero-order chi connectivity index (χ0) is 22.7. The number of hydrogen-bond acceptors (Lipinski definition) is 5. The number of rotatable bonds is 4. The molecule has 4 saturated carbocycles. The minimum Gasteiger partial charge on any atom is -0.390 e. The molecule has 5 heteroatoms. The highest BCUT2D eigenvalue weighted by Gasteiger charge is 2.61. The number of hydrogen-bond donors (Lipinski definition) is 1. The van der Waals surface area contributed by atoms with Crippen molar-refractivity contribution in [3.05, 3.63) is 0 Å². The molecule has 0 aromatic heterocycles. The highest BCUT2D eigenvalue weighted by atomic mass is 16.5. The summed E-state index contributed by atoms with van der Waals surface area (Å²) in [5.41, 5.74) is -0.417. The Hall–Kier alpha value is -0.490. The topological polar surface area (TPSA) is 59.0 Å². The van der Waals surface area contributed by atoms with Crippen LogP contribution in [0.25, 0.3) is 0 Å². The molecule has 0 unspecified atom stereocenters. The standard InChI is InChI=1S/C27H45NO4/c1-17-13-19-18-7-8-26(2)22(20(18)14-25(31-4)21(19)15-27(17,3)30)5-6-23(26)24(29)16-28-9-11-32-12-10-28/h17-23,25,30H,5-16H2,1-4H3/t17-,18-,19-,20-,21+,22+,23-,25-,26+,27+/m1/s1. The van der Waals surface area contributed by atoms with Gasteiger partial charge in [0.15, 0.2) is 0 Å². The second kappa shape index (κ2) is 8.62. The van der Waals surface area contributed by atoms with Gasteiger partial charge in [0, 0.05) is 26.1 Å². The van der Waals surface area contributed by atoms with Crippen LogP contribution in [0.3, 0.4) is 0 Å². The number of nitrogens with zero attached hydrogens (tertiary/aromatic N) is 1. The number of fused-ring (bicyclic) bond motifs is 5. The van der Waals surface area contributed by atoms with Crippen molar-refractivity contribution in [3.8, 4) is 0 Å². The second-order valence-corrected chi connectivity index (χ2v) is 12.5. The molecule has 0 spiro atoms. The van der Waals surface area contributed by atoms with Crippen molar-refractivity contribution in [1.29, 1.82) is 0 Å². The molecule has 1 N–H and O–H groups in total. The molecule has 4 aliphatic carbocycles. The van der Waals surface area contributed by atoms with E-state index in [0.29, 0.717) is 41.9 Å². The minimum absolute atomic E-state index is 0.154. The number of carbonyl (C=O) groups excluding carboxylic acids is 1. The number of aliphatic hydroxyl groups is 1. The fraction of sp³-hybridized carbons (Fsp3) is 0.963. The smallest absolute Gasteiger partial charge is 0.150 e. The van der Waals surface area contributed by atoms with Gasteiger partial charge in [-0.15, -0.1) is 0 Å². The second-order valence-electron chi connectivity index (χ2n) is 12.5. The summed E-state index contributed by atoms with van der Waals surface area (Å²) in [5, 5.41) is 11.0. The summed E-state index contributed by atoms with van der Waals surface area (Å²) in [5.74, 6) is 4.28. The van der Waals surface area contributed by atoms with Gasteiger partial charge >= 0.3 is 0 Å². The zero-order valence-electron chi connectivity index (χ0n) is 20.7. The number of carbonyl (C=O) groups is 1. The Morgan fingerprint density at radius 3 is 2.53 bits per heavy atom. The highest BCUT2D eigenvalue weighted by Crippen LogP contribution is 2.65. The van der Waals surface area contributed by atoms with E-state index >= 15 is 0 Å². The van der Waals surface area contributed by atoms with Gasteiger partial charge in [-0.1, -0.05) is 13.8 Å². The summed E-state index contributed by atoms with van der Waals surface area (Å²) < 4.78 is 11.6. The highest BCUT2D eigenvalue weighted by molar-refractivity contribution is 5.84. The largest absolute Gasteiger partial charge is 0.390 e. The van der Waals surface area contributed by atoms with Crippen molar-refractivity contribution in [1.82, 2.24) is 4.90 Å². The molecule has 1 saturated heterocycles. The maximum Gasteiger partial charge on any atom is 0.150 e. The summed E-state index contributed by atoms with van der Waals surface area (Å²) in [7, 11) is 1.88. The quantitative estimate of drug-likeness (QED) is 0.711. The van der Waals surface area contributed by atoms with Crippen LogP contribution in [-0.2, 0) is 14.3 Å². The van der Waals surface area contributed by atoms with E-state index in [1.807, 2.05) is 14.0 Å². The van der Waals surface area contributed by atoms with Gasteiger partial charge in [-0.05, 0) is 92.8 Å². The third-order valence-electron chi connectivity index (χ3n) is 11.1. The SMILES string of the molecule is CO[C@@H]1C[C@@H]2[C@H](CC[C@]3(C)[C@@H](C(=O)CN4CCOCC4)CC[C@@H]23)[C@H]2C[C@@H](C)[C@@](C)(O)C[C@@H]21. The van der Waals surface area contributed by atoms with Gasteiger partial charge < -0.3 is 14.6 Å². The van der Waals surface area contributed by atoms with E-state index in [1.165, 1.54) is 19.3 Å². The van der Waals surface area contributed by atoms with Gasteiger partial charge in [0.05, 0.1) is 31.5 Å². The average Bonchev–Trinajstić information content (AvgIpc) is 3.12. The average molecular weight is 448 g/mol. The van der Waals surface area contributed by atoms with Crippen LogP contribution in [-0.4, -0.2) is 67.5 Å². The molecular weight excluding hydrogens is 402 g/mol. The van der Waals surface area contributed by atoms with Gasteiger partial charge in [-0.3, -0.25) is 9.69 Å². The summed E-state index contributed by atoms with van der Waals surface area (Å²) in [6.45, 7) is 10.6. The Bertz CT molecular complexity index is 704. The van der Waals surface area contributed by atoms with Crippen LogP contribution in [0.2, 0.25) is 0 Å². The molecule has 0 radical (unpaired) electrons. The molecule has 1 aliphatic heterocycles. The Balaban J connectivity index is 1.33. The number of Topliss-reactive ketones (excluding diaryl/α,β-unsaturated/α-hetero) is 1. The van der Waals surface area contributed by atoms with Crippen LogP contribution in [0, 0.1) is 46.8 Å². The maximum atomic E-state index is 13.5. The summed E-state index contributed by atoms with van der Waals surface area (Å²) >= 11 is 0. The number of methoxy groups -OCH3 is 1. The van der Waals surface area contributed by atoms with Crippen molar-refractivity contribution < 1.29 is 19.4 Å². The lowest BCUT2D eigenvalue weighted by molar-refractivity contribution is -0.168. The number of ether oxygens (including phenoxy) is 2. The van der Waals surface area contributed by atoms with Crippen LogP contribution in [0.15, 0.2) is 0 Å².